The van der Waals surface area contributed by atoms with E-state index < -0.39 is 6.03 Å². The summed E-state index contributed by atoms with van der Waals surface area (Å²) in [6.45, 7) is -0.0640. The molecule has 4 amide bonds. The number of para-hydroxylation sites is 2. The Kier molecular flexibility index (Phi) is 5.10. The number of anilines is 2. The second-order valence-corrected chi connectivity index (χ2v) is 7.29. The van der Waals surface area contributed by atoms with Crippen molar-refractivity contribution in [2.75, 3.05) is 16.8 Å². The van der Waals surface area contributed by atoms with Crippen molar-refractivity contribution in [1.29, 1.82) is 0 Å². The van der Waals surface area contributed by atoms with Gasteiger partial charge in [-0.25, -0.2) is 9.69 Å². The van der Waals surface area contributed by atoms with Crippen LogP contribution in [0.5, 0.6) is 0 Å². The van der Waals surface area contributed by atoms with Gasteiger partial charge in [0.25, 0.3) is 0 Å². The van der Waals surface area contributed by atoms with E-state index in [0.717, 1.165) is 25.7 Å². The first kappa shape index (κ1) is 18.2. The minimum Gasteiger partial charge on any atom is -0.325 e. The van der Waals surface area contributed by atoms with Crippen molar-refractivity contribution in [3.63, 3.8) is 0 Å². The van der Waals surface area contributed by atoms with E-state index in [1.165, 1.54) is 4.90 Å². The molecule has 0 spiro atoms. The lowest BCUT2D eigenvalue weighted by Gasteiger charge is -2.46. The highest BCUT2D eigenvalue weighted by molar-refractivity contribution is 6.17. The second-order valence-electron chi connectivity index (χ2n) is 7.29. The van der Waals surface area contributed by atoms with Crippen LogP contribution in [0.2, 0.25) is 0 Å². The summed E-state index contributed by atoms with van der Waals surface area (Å²) in [5.41, 5.74) is 1.24. The summed E-state index contributed by atoms with van der Waals surface area (Å²) >= 11 is 0. The minimum atomic E-state index is -0.414. The molecular weight excluding hydrogens is 354 g/mol. The van der Waals surface area contributed by atoms with Gasteiger partial charge in [-0.15, -0.1) is 0 Å². The average Bonchev–Trinajstić information content (AvgIpc) is 2.73. The molecule has 0 bridgehead atoms. The molecule has 2 fully saturated rings. The number of benzene rings is 2. The smallest absolute Gasteiger partial charge is 0.325 e. The molecule has 1 heterocycles. The Morgan fingerprint density at radius 3 is 2.29 bits per heavy atom. The number of carbonyl (C=O) groups is 3. The molecule has 2 aromatic rings. The largest absolute Gasteiger partial charge is 0.332 e. The molecule has 144 valence electrons. The van der Waals surface area contributed by atoms with Gasteiger partial charge in [0.15, 0.2) is 0 Å². The minimum absolute atomic E-state index is 0.0640. The van der Waals surface area contributed by atoms with E-state index in [1.54, 1.807) is 41.3 Å². The van der Waals surface area contributed by atoms with E-state index in [9.17, 15) is 14.4 Å². The maximum absolute atomic E-state index is 13.2. The topological polar surface area (TPSA) is 69.7 Å². The van der Waals surface area contributed by atoms with Crippen molar-refractivity contribution < 1.29 is 14.4 Å². The summed E-state index contributed by atoms with van der Waals surface area (Å²) in [4.78, 5) is 41.7. The van der Waals surface area contributed by atoms with Crippen LogP contribution >= 0.6 is 0 Å². The lowest BCUT2D eigenvalue weighted by Crippen LogP contribution is -2.64. The normalized spacial score (nSPS) is 22.0. The summed E-state index contributed by atoms with van der Waals surface area (Å²) in [7, 11) is 0. The Labute approximate surface area is 164 Å². The molecule has 2 aromatic carbocycles. The summed E-state index contributed by atoms with van der Waals surface area (Å²) in [5.74, 6) is -0.664. The van der Waals surface area contributed by atoms with E-state index in [0.29, 0.717) is 11.4 Å². The van der Waals surface area contributed by atoms with Gasteiger partial charge in [-0.2, -0.15) is 0 Å². The molecule has 6 nitrogen and oxygen atoms in total. The first-order valence-corrected chi connectivity index (χ1v) is 9.69. The average molecular weight is 377 g/mol. The third kappa shape index (κ3) is 3.50. The van der Waals surface area contributed by atoms with Crippen molar-refractivity contribution in [2.45, 2.75) is 31.7 Å². The first-order chi connectivity index (χ1) is 13.6. The molecule has 1 saturated heterocycles. The number of urea groups is 1. The molecule has 4 rings (SSSR count). The molecule has 0 aromatic heterocycles. The van der Waals surface area contributed by atoms with Crippen LogP contribution in [-0.4, -0.2) is 35.3 Å². The first-order valence-electron chi connectivity index (χ1n) is 9.69. The van der Waals surface area contributed by atoms with Crippen LogP contribution in [0.25, 0.3) is 0 Å². The van der Waals surface area contributed by atoms with Gasteiger partial charge in [0.05, 0.1) is 11.6 Å². The van der Waals surface area contributed by atoms with Gasteiger partial charge in [-0.05, 0) is 37.1 Å². The van der Waals surface area contributed by atoms with Crippen LogP contribution in [-0.2, 0) is 9.59 Å². The predicted octanol–water partition coefficient (Wildman–Crippen LogP) is 3.65. The lowest BCUT2D eigenvalue weighted by molar-refractivity contribution is -0.128. The summed E-state index contributed by atoms with van der Waals surface area (Å²) in [6, 6.07) is 17.5. The van der Waals surface area contributed by atoms with E-state index >= 15 is 0 Å². The van der Waals surface area contributed by atoms with Crippen LogP contribution < -0.4 is 10.2 Å². The maximum atomic E-state index is 13.2. The number of hydrogen-bond acceptors (Lipinski definition) is 3. The molecule has 0 radical (unpaired) electrons. The Balaban J connectivity index is 1.59. The molecule has 2 atom stereocenters. The summed E-state index contributed by atoms with van der Waals surface area (Å²) in [5, 5.41) is 2.83. The quantitative estimate of drug-likeness (QED) is 0.884. The SMILES string of the molecule is O=C(CN1C(=O)N(c2ccccc2)C(=O)C2CCCCC21)Nc1ccccc1. The van der Waals surface area contributed by atoms with Crippen molar-refractivity contribution >= 4 is 29.2 Å². The number of carbonyl (C=O) groups excluding carboxylic acids is 3. The maximum Gasteiger partial charge on any atom is 0.332 e. The van der Waals surface area contributed by atoms with Crippen LogP contribution in [0.3, 0.4) is 0 Å². The molecular formula is C22H23N3O3. The molecule has 2 unspecified atom stereocenters. The van der Waals surface area contributed by atoms with E-state index in [2.05, 4.69) is 5.32 Å². The fourth-order valence-electron chi connectivity index (χ4n) is 4.18. The van der Waals surface area contributed by atoms with Gasteiger partial charge in [-0.1, -0.05) is 49.2 Å². The Bertz CT molecular complexity index is 869. The van der Waals surface area contributed by atoms with Crippen LogP contribution in [0.4, 0.5) is 16.2 Å². The molecule has 1 saturated carbocycles. The highest BCUT2D eigenvalue weighted by Gasteiger charge is 2.47. The molecule has 6 heteroatoms. The molecule has 1 aliphatic carbocycles. The lowest BCUT2D eigenvalue weighted by atomic mass is 9.81. The second kappa shape index (κ2) is 7.84. The van der Waals surface area contributed by atoms with Crippen molar-refractivity contribution in [2.24, 2.45) is 5.92 Å². The predicted molar refractivity (Wildman–Crippen MR) is 107 cm³/mol. The molecule has 1 aliphatic heterocycles. The number of amides is 4. The fraction of sp³-hybridized carbons (Fsp3) is 0.318. The Morgan fingerprint density at radius 2 is 1.57 bits per heavy atom. The number of rotatable bonds is 4. The van der Waals surface area contributed by atoms with Gasteiger partial charge in [-0.3, -0.25) is 9.59 Å². The molecule has 28 heavy (non-hydrogen) atoms. The van der Waals surface area contributed by atoms with Crippen LogP contribution in [0, 0.1) is 5.92 Å². The van der Waals surface area contributed by atoms with Crippen molar-refractivity contribution in [3.05, 3.63) is 60.7 Å². The van der Waals surface area contributed by atoms with E-state index in [1.807, 2.05) is 24.3 Å². The Morgan fingerprint density at radius 1 is 0.929 bits per heavy atom. The van der Waals surface area contributed by atoms with Gasteiger partial charge in [0.1, 0.15) is 6.54 Å². The highest BCUT2D eigenvalue weighted by atomic mass is 16.2. The monoisotopic (exact) mass is 377 g/mol. The van der Waals surface area contributed by atoms with Gasteiger partial charge in [0, 0.05) is 11.7 Å². The van der Waals surface area contributed by atoms with Crippen LogP contribution in [0.15, 0.2) is 60.7 Å². The van der Waals surface area contributed by atoms with Crippen molar-refractivity contribution in [1.82, 2.24) is 4.90 Å². The number of imide groups is 1. The van der Waals surface area contributed by atoms with Gasteiger partial charge in [0.2, 0.25) is 11.8 Å². The fourth-order valence-corrected chi connectivity index (χ4v) is 4.18. The van der Waals surface area contributed by atoms with Crippen LogP contribution in [0.1, 0.15) is 25.7 Å². The summed E-state index contributed by atoms with van der Waals surface area (Å²) < 4.78 is 0. The number of nitrogens with zero attached hydrogens (tertiary/aromatic N) is 2. The highest BCUT2D eigenvalue weighted by Crippen LogP contribution is 2.36. The number of fused-ring (bicyclic) bond motifs is 1. The van der Waals surface area contributed by atoms with Gasteiger partial charge >= 0.3 is 6.03 Å². The molecule has 1 N–H and O–H groups in total. The Hall–Kier alpha value is -3.15. The number of nitrogens with one attached hydrogen (secondary N) is 1. The zero-order chi connectivity index (χ0) is 19.5. The van der Waals surface area contributed by atoms with E-state index in [4.69, 9.17) is 0 Å². The summed E-state index contributed by atoms with van der Waals surface area (Å²) in [6.07, 6.45) is 3.43. The zero-order valence-electron chi connectivity index (χ0n) is 15.6. The van der Waals surface area contributed by atoms with Crippen molar-refractivity contribution in [3.8, 4) is 0 Å². The standard InChI is InChI=1S/C22H23N3O3/c26-20(23-16-9-3-1-4-10-16)15-24-19-14-8-7-13-18(19)21(27)25(22(24)28)17-11-5-2-6-12-17/h1-6,9-12,18-19H,7-8,13-15H2,(H,23,26). The molecule has 2 aliphatic rings. The van der Waals surface area contributed by atoms with Gasteiger partial charge < -0.3 is 10.2 Å². The zero-order valence-corrected chi connectivity index (χ0v) is 15.6. The number of hydrogen-bond donors (Lipinski definition) is 1. The third-order valence-electron chi connectivity index (χ3n) is 5.49. The van der Waals surface area contributed by atoms with E-state index in [-0.39, 0.29) is 30.3 Å². The third-order valence-corrected chi connectivity index (χ3v) is 5.49.